The lowest BCUT2D eigenvalue weighted by molar-refractivity contribution is -0.180. The van der Waals surface area contributed by atoms with Crippen molar-refractivity contribution < 1.29 is 31.1 Å². The first-order valence-corrected chi connectivity index (χ1v) is 4.89. The van der Waals surface area contributed by atoms with Gasteiger partial charge < -0.3 is 4.90 Å². The molecule has 0 radical (unpaired) electrons. The van der Waals surface area contributed by atoms with Gasteiger partial charge in [-0.2, -0.15) is 26.3 Å². The molecule has 0 spiro atoms. The average molecular weight is 265 g/mol. The molecule has 2 nitrogen and oxygen atoms in total. The van der Waals surface area contributed by atoms with E-state index in [1.165, 1.54) is 13.8 Å². The van der Waals surface area contributed by atoms with E-state index in [1.807, 2.05) is 0 Å². The second kappa shape index (κ2) is 5.59. The van der Waals surface area contributed by atoms with Crippen LogP contribution in [0.3, 0.4) is 0 Å². The van der Waals surface area contributed by atoms with Gasteiger partial charge in [-0.3, -0.25) is 4.79 Å². The van der Waals surface area contributed by atoms with Crippen LogP contribution in [0.2, 0.25) is 0 Å². The molecule has 1 amide bonds. The van der Waals surface area contributed by atoms with Gasteiger partial charge >= 0.3 is 12.4 Å². The van der Waals surface area contributed by atoms with E-state index in [0.29, 0.717) is 0 Å². The predicted octanol–water partition coefficient (Wildman–Crippen LogP) is 3.13. The number of carbonyl (C=O) groups excluding carboxylic acids is 1. The molecule has 0 aliphatic heterocycles. The highest BCUT2D eigenvalue weighted by Crippen LogP contribution is 2.24. The van der Waals surface area contributed by atoms with Crippen LogP contribution < -0.4 is 0 Å². The second-order valence-corrected chi connectivity index (χ2v) is 3.69. The van der Waals surface area contributed by atoms with Gasteiger partial charge in [0.05, 0.1) is 0 Å². The molecule has 1 atom stereocenters. The zero-order valence-corrected chi connectivity index (χ0v) is 9.32. The minimum absolute atomic E-state index is 0.152. The van der Waals surface area contributed by atoms with Crippen molar-refractivity contribution in [2.45, 2.75) is 45.1 Å². The molecule has 0 aromatic heterocycles. The highest BCUT2D eigenvalue weighted by atomic mass is 19.4. The fraction of sp³-hybridized carbons (Fsp3) is 0.889. The summed E-state index contributed by atoms with van der Waals surface area (Å²) >= 11 is 0. The Morgan fingerprint density at radius 1 is 1.12 bits per heavy atom. The molecule has 0 rings (SSSR count). The summed E-state index contributed by atoms with van der Waals surface area (Å²) in [4.78, 5) is 11.4. The first kappa shape index (κ1) is 16.1. The summed E-state index contributed by atoms with van der Waals surface area (Å²) < 4.78 is 72.2. The van der Waals surface area contributed by atoms with Crippen LogP contribution in [0.4, 0.5) is 26.3 Å². The Hall–Kier alpha value is -0.950. The van der Waals surface area contributed by atoms with Gasteiger partial charge in [-0.15, -0.1) is 0 Å². The van der Waals surface area contributed by atoms with Crippen molar-refractivity contribution in [3.05, 3.63) is 0 Å². The van der Waals surface area contributed by atoms with E-state index in [2.05, 4.69) is 0 Å². The van der Waals surface area contributed by atoms with E-state index in [9.17, 15) is 31.1 Å². The Bertz CT molecular complexity index is 259. The fourth-order valence-electron chi connectivity index (χ4n) is 1.18. The van der Waals surface area contributed by atoms with Crippen LogP contribution in [-0.2, 0) is 4.79 Å². The summed E-state index contributed by atoms with van der Waals surface area (Å²) in [5.41, 5.74) is 0. The van der Waals surface area contributed by atoms with Crippen molar-refractivity contribution in [1.29, 1.82) is 0 Å². The Morgan fingerprint density at radius 2 is 1.59 bits per heavy atom. The standard InChI is InChI=1S/C9H13F6NO/c1-3-6(2)16(5-9(13,14)15)7(17)4-8(10,11)12/h6H,3-5H2,1-2H3. The molecule has 0 N–H and O–H groups in total. The SMILES string of the molecule is CCC(C)N(CC(F)(F)F)C(=O)CC(F)(F)F. The third-order valence-electron chi connectivity index (χ3n) is 2.14. The van der Waals surface area contributed by atoms with Gasteiger partial charge in [0.15, 0.2) is 0 Å². The van der Waals surface area contributed by atoms with Gasteiger partial charge in [0.1, 0.15) is 13.0 Å². The molecule has 0 fully saturated rings. The summed E-state index contributed by atoms with van der Waals surface area (Å²) in [6.07, 6.45) is -11.2. The number of nitrogens with zero attached hydrogens (tertiary/aromatic N) is 1. The molecule has 0 aliphatic rings. The first-order chi connectivity index (χ1) is 7.46. The van der Waals surface area contributed by atoms with Gasteiger partial charge in [-0.1, -0.05) is 6.92 Å². The van der Waals surface area contributed by atoms with E-state index in [1.54, 1.807) is 0 Å². The molecule has 0 heterocycles. The minimum Gasteiger partial charge on any atom is -0.331 e. The quantitative estimate of drug-likeness (QED) is 0.715. The normalized spacial score (nSPS) is 14.6. The smallest absolute Gasteiger partial charge is 0.331 e. The molecule has 1 unspecified atom stereocenters. The summed E-state index contributed by atoms with van der Waals surface area (Å²) in [6.45, 7) is 1.12. The number of hydrogen-bond acceptors (Lipinski definition) is 1. The van der Waals surface area contributed by atoms with Crippen LogP contribution in [0.1, 0.15) is 26.7 Å². The number of hydrogen-bond donors (Lipinski definition) is 0. The summed E-state index contributed by atoms with van der Waals surface area (Å²) in [5, 5.41) is 0. The third-order valence-corrected chi connectivity index (χ3v) is 2.14. The molecule has 0 aromatic carbocycles. The maximum absolute atomic E-state index is 12.1. The first-order valence-electron chi connectivity index (χ1n) is 4.89. The molecular formula is C9H13F6NO. The lowest BCUT2D eigenvalue weighted by atomic mass is 10.2. The third kappa shape index (κ3) is 7.06. The highest BCUT2D eigenvalue weighted by Gasteiger charge is 2.39. The molecule has 17 heavy (non-hydrogen) atoms. The average Bonchev–Trinajstić information content (AvgIpc) is 2.08. The van der Waals surface area contributed by atoms with Crippen molar-refractivity contribution >= 4 is 5.91 Å². The van der Waals surface area contributed by atoms with E-state index < -0.39 is 37.3 Å². The lowest BCUT2D eigenvalue weighted by Crippen LogP contribution is -2.45. The van der Waals surface area contributed by atoms with Gasteiger partial charge in [0.2, 0.25) is 5.91 Å². The second-order valence-electron chi connectivity index (χ2n) is 3.69. The van der Waals surface area contributed by atoms with Crippen molar-refractivity contribution in [1.82, 2.24) is 4.90 Å². The maximum atomic E-state index is 12.1. The zero-order chi connectivity index (χ0) is 13.9. The number of amides is 1. The Morgan fingerprint density at radius 3 is 1.88 bits per heavy atom. The molecule has 8 heteroatoms. The Balaban J connectivity index is 4.75. The Labute approximate surface area is 94.6 Å². The number of rotatable bonds is 4. The molecular weight excluding hydrogens is 252 g/mol. The molecule has 0 aliphatic carbocycles. The summed E-state index contributed by atoms with van der Waals surface area (Å²) in [5.74, 6) is -1.55. The van der Waals surface area contributed by atoms with Crippen LogP contribution in [-0.4, -0.2) is 35.7 Å². The topological polar surface area (TPSA) is 20.3 Å². The van der Waals surface area contributed by atoms with E-state index >= 15 is 0 Å². The molecule has 0 aromatic rings. The van der Waals surface area contributed by atoms with E-state index in [-0.39, 0.29) is 11.3 Å². The van der Waals surface area contributed by atoms with Gasteiger partial charge in [-0.05, 0) is 13.3 Å². The maximum Gasteiger partial charge on any atom is 0.406 e. The van der Waals surface area contributed by atoms with Gasteiger partial charge in [-0.25, -0.2) is 0 Å². The highest BCUT2D eigenvalue weighted by molar-refractivity contribution is 5.77. The van der Waals surface area contributed by atoms with E-state index in [0.717, 1.165) is 0 Å². The monoisotopic (exact) mass is 265 g/mol. The van der Waals surface area contributed by atoms with Gasteiger partial charge in [0, 0.05) is 6.04 Å². The van der Waals surface area contributed by atoms with Crippen molar-refractivity contribution in [2.24, 2.45) is 0 Å². The number of halogens is 6. The van der Waals surface area contributed by atoms with Crippen molar-refractivity contribution in [3.8, 4) is 0 Å². The molecule has 0 bridgehead atoms. The van der Waals surface area contributed by atoms with Crippen LogP contribution in [0.5, 0.6) is 0 Å². The van der Waals surface area contributed by atoms with Crippen molar-refractivity contribution in [2.75, 3.05) is 6.54 Å². The molecule has 0 saturated carbocycles. The Kier molecular flexibility index (Phi) is 5.28. The minimum atomic E-state index is -4.80. The van der Waals surface area contributed by atoms with E-state index in [4.69, 9.17) is 0 Å². The van der Waals surface area contributed by atoms with Gasteiger partial charge in [0.25, 0.3) is 0 Å². The fourth-order valence-corrected chi connectivity index (χ4v) is 1.18. The zero-order valence-electron chi connectivity index (χ0n) is 9.32. The van der Waals surface area contributed by atoms with Crippen LogP contribution in [0.15, 0.2) is 0 Å². The predicted molar refractivity (Wildman–Crippen MR) is 48.2 cm³/mol. The molecule has 102 valence electrons. The van der Waals surface area contributed by atoms with Crippen LogP contribution in [0.25, 0.3) is 0 Å². The molecule has 0 saturated heterocycles. The van der Waals surface area contributed by atoms with Crippen molar-refractivity contribution in [3.63, 3.8) is 0 Å². The van der Waals surface area contributed by atoms with Crippen LogP contribution in [0, 0.1) is 0 Å². The summed E-state index contributed by atoms with van der Waals surface area (Å²) in [7, 11) is 0. The number of alkyl halides is 6. The van der Waals surface area contributed by atoms with Crippen LogP contribution >= 0.6 is 0 Å². The number of carbonyl (C=O) groups is 1. The lowest BCUT2D eigenvalue weighted by Gasteiger charge is -2.29. The summed E-state index contributed by atoms with van der Waals surface area (Å²) in [6, 6.07) is -0.883. The largest absolute Gasteiger partial charge is 0.406 e.